The van der Waals surface area contributed by atoms with Crippen molar-refractivity contribution in [3.05, 3.63) is 78.2 Å². The second-order valence-corrected chi connectivity index (χ2v) is 8.39. The number of methoxy groups -OCH3 is 1. The monoisotopic (exact) mass is 452 g/mol. The molecular formula is C23H24N4O4S. The fraction of sp³-hybridized carbons (Fsp3) is 0.304. The molecule has 0 spiro atoms. The summed E-state index contributed by atoms with van der Waals surface area (Å²) < 4.78 is 14.4. The molecule has 2 aromatic heterocycles. The molecule has 4 rings (SSSR count). The van der Waals surface area contributed by atoms with Gasteiger partial charge in [0.2, 0.25) is 0 Å². The molecular weight excluding hydrogens is 428 g/mol. The molecule has 1 aliphatic rings. The molecule has 0 fully saturated rings. The minimum absolute atomic E-state index is 0.216. The van der Waals surface area contributed by atoms with Gasteiger partial charge in [-0.05, 0) is 44.5 Å². The van der Waals surface area contributed by atoms with Crippen molar-refractivity contribution in [1.82, 2.24) is 14.3 Å². The Morgan fingerprint density at radius 1 is 1.25 bits per heavy atom. The van der Waals surface area contributed by atoms with Crippen molar-refractivity contribution in [2.75, 3.05) is 13.7 Å². The molecule has 1 aromatic carbocycles. The highest BCUT2D eigenvalue weighted by Crippen LogP contribution is 2.31. The van der Waals surface area contributed by atoms with Gasteiger partial charge in [-0.25, -0.2) is 9.79 Å². The highest BCUT2D eigenvalue weighted by molar-refractivity contribution is 7.07. The Hall–Kier alpha value is -3.46. The standard InChI is InChI=1S/C23H24N4O4S/c1-6-31-22(29)19-13(2)25-23-27(20(19)15-7-9-17(30-5)10-8-15)21(28)18(32-23)11-16-12-24-26(4)14(16)3/h7-12,20H,6H2,1-5H3/t20-/m1/s1. The number of aromatic nitrogens is 3. The number of fused-ring (bicyclic) bond motifs is 1. The zero-order valence-electron chi connectivity index (χ0n) is 18.6. The number of hydrogen-bond donors (Lipinski definition) is 0. The molecule has 3 aromatic rings. The van der Waals surface area contributed by atoms with E-state index in [9.17, 15) is 9.59 Å². The Morgan fingerprint density at radius 3 is 2.56 bits per heavy atom. The van der Waals surface area contributed by atoms with Gasteiger partial charge in [-0.3, -0.25) is 14.0 Å². The second kappa shape index (κ2) is 8.58. The van der Waals surface area contributed by atoms with Crippen LogP contribution in [0.15, 0.2) is 51.5 Å². The first-order valence-electron chi connectivity index (χ1n) is 10.2. The lowest BCUT2D eigenvalue weighted by Crippen LogP contribution is -2.39. The molecule has 0 saturated heterocycles. The summed E-state index contributed by atoms with van der Waals surface area (Å²) in [6.07, 6.45) is 3.55. The lowest BCUT2D eigenvalue weighted by atomic mass is 9.96. The molecule has 9 heteroatoms. The fourth-order valence-corrected chi connectivity index (χ4v) is 4.73. The van der Waals surface area contributed by atoms with Gasteiger partial charge in [-0.15, -0.1) is 0 Å². The number of aryl methyl sites for hydroxylation is 1. The van der Waals surface area contributed by atoms with Crippen LogP contribution >= 0.6 is 11.3 Å². The van der Waals surface area contributed by atoms with E-state index < -0.39 is 12.0 Å². The van der Waals surface area contributed by atoms with E-state index in [1.165, 1.54) is 11.3 Å². The number of benzene rings is 1. The molecule has 166 valence electrons. The summed E-state index contributed by atoms with van der Waals surface area (Å²) >= 11 is 1.29. The van der Waals surface area contributed by atoms with Crippen LogP contribution in [-0.2, 0) is 16.6 Å². The number of esters is 1. The molecule has 0 N–H and O–H groups in total. The van der Waals surface area contributed by atoms with Crippen LogP contribution in [0.3, 0.4) is 0 Å². The van der Waals surface area contributed by atoms with E-state index in [1.807, 2.05) is 44.3 Å². The number of carbonyl (C=O) groups is 1. The van der Waals surface area contributed by atoms with Crippen LogP contribution in [0.4, 0.5) is 0 Å². The van der Waals surface area contributed by atoms with Gasteiger partial charge < -0.3 is 9.47 Å². The van der Waals surface area contributed by atoms with Gasteiger partial charge in [-0.2, -0.15) is 5.10 Å². The van der Waals surface area contributed by atoms with Gasteiger partial charge in [0.15, 0.2) is 4.80 Å². The maximum Gasteiger partial charge on any atom is 0.338 e. The number of nitrogens with zero attached hydrogens (tertiary/aromatic N) is 4. The summed E-state index contributed by atoms with van der Waals surface area (Å²) in [5.41, 5.74) is 3.26. The van der Waals surface area contributed by atoms with Crippen LogP contribution in [0.5, 0.6) is 5.75 Å². The lowest BCUT2D eigenvalue weighted by Gasteiger charge is -2.24. The highest BCUT2D eigenvalue weighted by Gasteiger charge is 2.33. The normalized spacial score (nSPS) is 16.0. The van der Waals surface area contributed by atoms with Crippen molar-refractivity contribution >= 4 is 23.4 Å². The van der Waals surface area contributed by atoms with Crippen molar-refractivity contribution in [2.45, 2.75) is 26.8 Å². The van der Waals surface area contributed by atoms with Crippen molar-refractivity contribution in [3.63, 3.8) is 0 Å². The second-order valence-electron chi connectivity index (χ2n) is 7.38. The molecule has 0 radical (unpaired) electrons. The molecule has 0 amide bonds. The number of hydrogen-bond acceptors (Lipinski definition) is 7. The van der Waals surface area contributed by atoms with Crippen molar-refractivity contribution in [1.29, 1.82) is 0 Å². The maximum atomic E-state index is 13.5. The van der Waals surface area contributed by atoms with E-state index in [4.69, 9.17) is 9.47 Å². The zero-order chi connectivity index (χ0) is 23.0. The summed E-state index contributed by atoms with van der Waals surface area (Å²) in [5.74, 6) is 0.207. The molecule has 3 heterocycles. The van der Waals surface area contributed by atoms with Gasteiger partial charge in [0.25, 0.3) is 5.56 Å². The number of ether oxygens (including phenoxy) is 2. The fourth-order valence-electron chi connectivity index (χ4n) is 3.69. The van der Waals surface area contributed by atoms with E-state index in [1.54, 1.807) is 36.4 Å². The summed E-state index contributed by atoms with van der Waals surface area (Å²) in [7, 11) is 3.44. The van der Waals surface area contributed by atoms with E-state index in [0.29, 0.717) is 26.4 Å². The average molecular weight is 453 g/mol. The minimum Gasteiger partial charge on any atom is -0.497 e. The van der Waals surface area contributed by atoms with Crippen LogP contribution in [0.25, 0.3) is 6.08 Å². The average Bonchev–Trinajstić information content (AvgIpc) is 3.26. The Kier molecular flexibility index (Phi) is 5.84. The summed E-state index contributed by atoms with van der Waals surface area (Å²) in [5, 5.41) is 4.25. The van der Waals surface area contributed by atoms with Gasteiger partial charge in [-0.1, -0.05) is 23.5 Å². The first-order chi connectivity index (χ1) is 15.3. The van der Waals surface area contributed by atoms with Crippen LogP contribution in [0.1, 0.15) is 36.7 Å². The smallest absolute Gasteiger partial charge is 0.338 e. The topological polar surface area (TPSA) is 87.7 Å². The highest BCUT2D eigenvalue weighted by atomic mass is 32.1. The van der Waals surface area contributed by atoms with Crippen LogP contribution in [-0.4, -0.2) is 34.0 Å². The quantitative estimate of drug-likeness (QED) is 0.552. The predicted octanol–water partition coefficient (Wildman–Crippen LogP) is 1.85. The summed E-state index contributed by atoms with van der Waals surface area (Å²) in [6, 6.07) is 6.67. The first kappa shape index (κ1) is 21.8. The molecule has 1 aliphatic heterocycles. The molecule has 8 nitrogen and oxygen atoms in total. The first-order valence-corrected chi connectivity index (χ1v) is 11.0. The SMILES string of the molecule is CCOC(=O)C1=C(C)N=c2sc(=Cc3cnn(C)c3C)c(=O)n2[C@@H]1c1ccc(OC)cc1. The third kappa shape index (κ3) is 3.69. The van der Waals surface area contributed by atoms with Crippen LogP contribution in [0, 0.1) is 6.92 Å². The summed E-state index contributed by atoms with van der Waals surface area (Å²) in [6.45, 7) is 5.70. The van der Waals surface area contributed by atoms with Gasteiger partial charge in [0.05, 0.1) is 41.8 Å². The van der Waals surface area contributed by atoms with Crippen molar-refractivity contribution < 1.29 is 14.3 Å². The Morgan fingerprint density at radius 2 is 1.97 bits per heavy atom. The van der Waals surface area contributed by atoms with Gasteiger partial charge >= 0.3 is 5.97 Å². The minimum atomic E-state index is -0.645. The number of allylic oxidation sites excluding steroid dienone is 1. The van der Waals surface area contributed by atoms with Crippen molar-refractivity contribution in [3.8, 4) is 5.75 Å². The van der Waals surface area contributed by atoms with Gasteiger partial charge in [0, 0.05) is 18.3 Å². The van der Waals surface area contributed by atoms with E-state index >= 15 is 0 Å². The van der Waals surface area contributed by atoms with Crippen molar-refractivity contribution in [2.24, 2.45) is 12.0 Å². The number of rotatable bonds is 5. The molecule has 0 saturated carbocycles. The number of carbonyl (C=O) groups excluding carboxylic acids is 1. The Labute approximate surface area is 188 Å². The molecule has 32 heavy (non-hydrogen) atoms. The lowest BCUT2D eigenvalue weighted by molar-refractivity contribution is -0.139. The van der Waals surface area contributed by atoms with E-state index in [-0.39, 0.29) is 12.2 Å². The third-order valence-corrected chi connectivity index (χ3v) is 6.49. The Bertz CT molecular complexity index is 1390. The molecule has 1 atom stereocenters. The molecule has 0 bridgehead atoms. The molecule has 0 aliphatic carbocycles. The predicted molar refractivity (Wildman–Crippen MR) is 121 cm³/mol. The largest absolute Gasteiger partial charge is 0.497 e. The maximum absolute atomic E-state index is 13.5. The summed E-state index contributed by atoms with van der Waals surface area (Å²) in [4.78, 5) is 31.5. The van der Waals surface area contributed by atoms with Crippen LogP contribution in [0.2, 0.25) is 0 Å². The zero-order valence-corrected chi connectivity index (χ0v) is 19.4. The molecule has 0 unspecified atom stereocenters. The van der Waals surface area contributed by atoms with Crippen LogP contribution < -0.4 is 19.6 Å². The van der Waals surface area contributed by atoms with E-state index in [0.717, 1.165) is 16.8 Å². The Balaban J connectivity index is 1.95. The number of thiazole rings is 1. The van der Waals surface area contributed by atoms with Gasteiger partial charge in [0.1, 0.15) is 5.75 Å². The van der Waals surface area contributed by atoms with E-state index in [2.05, 4.69) is 10.1 Å². The third-order valence-electron chi connectivity index (χ3n) is 5.51.